The number of benzene rings is 1. The van der Waals surface area contributed by atoms with Crippen molar-refractivity contribution in [1.82, 2.24) is 14.6 Å². The van der Waals surface area contributed by atoms with Gasteiger partial charge in [-0.25, -0.2) is 0 Å². The van der Waals surface area contributed by atoms with Gasteiger partial charge in [0.15, 0.2) is 5.82 Å². The predicted molar refractivity (Wildman–Crippen MR) is 68.9 cm³/mol. The van der Waals surface area contributed by atoms with Gasteiger partial charge in [-0.3, -0.25) is 4.40 Å². The Balaban J connectivity index is 2.20. The third-order valence-corrected chi connectivity index (χ3v) is 4.27. The highest BCUT2D eigenvalue weighted by Crippen LogP contribution is 2.24. The molecule has 0 fully saturated rings. The molecule has 2 aromatic heterocycles. The normalized spacial score (nSPS) is 11.1. The number of halogens is 1. The van der Waals surface area contributed by atoms with Crippen molar-refractivity contribution in [2.75, 3.05) is 0 Å². The largest absolute Gasteiger partial charge is 0.273 e. The van der Waals surface area contributed by atoms with E-state index in [9.17, 15) is 0 Å². The standard InChI is InChI=1S/C11H8BrN3S/c12-6-9-7-15-10(13-14-11(15)16-9)8-4-2-1-3-5-8/h1-5,7H,6H2. The van der Waals surface area contributed by atoms with Gasteiger partial charge in [0, 0.05) is 22.0 Å². The molecule has 0 unspecified atom stereocenters. The smallest absolute Gasteiger partial charge is 0.216 e. The van der Waals surface area contributed by atoms with Crippen LogP contribution >= 0.6 is 27.3 Å². The van der Waals surface area contributed by atoms with Gasteiger partial charge in [0.1, 0.15) is 0 Å². The Hall–Kier alpha value is -1.20. The molecule has 0 aliphatic heterocycles. The van der Waals surface area contributed by atoms with E-state index in [-0.39, 0.29) is 0 Å². The minimum absolute atomic E-state index is 0.856. The van der Waals surface area contributed by atoms with Gasteiger partial charge in [0.25, 0.3) is 0 Å². The molecule has 0 saturated carbocycles. The average Bonchev–Trinajstić information content (AvgIpc) is 2.88. The lowest BCUT2D eigenvalue weighted by Gasteiger charge is -1.95. The number of aromatic nitrogens is 3. The molecule has 16 heavy (non-hydrogen) atoms. The van der Waals surface area contributed by atoms with Crippen LogP contribution in [0.2, 0.25) is 0 Å². The van der Waals surface area contributed by atoms with E-state index in [1.807, 2.05) is 34.7 Å². The molecule has 0 bridgehead atoms. The first-order valence-electron chi connectivity index (χ1n) is 4.83. The summed E-state index contributed by atoms with van der Waals surface area (Å²) < 4.78 is 2.04. The summed E-state index contributed by atoms with van der Waals surface area (Å²) in [5.74, 6) is 0.902. The SMILES string of the molecule is BrCc1cn2c(-c3ccccc3)nnc2s1. The van der Waals surface area contributed by atoms with Crippen molar-refractivity contribution in [2.24, 2.45) is 0 Å². The minimum atomic E-state index is 0.856. The Kier molecular flexibility index (Phi) is 2.49. The van der Waals surface area contributed by atoms with Gasteiger partial charge in [0.05, 0.1) is 0 Å². The summed E-state index contributed by atoms with van der Waals surface area (Å²) in [4.78, 5) is 2.19. The molecular weight excluding hydrogens is 286 g/mol. The number of hydrogen-bond acceptors (Lipinski definition) is 3. The first kappa shape index (κ1) is 9.99. The molecule has 0 saturated heterocycles. The van der Waals surface area contributed by atoms with E-state index in [1.54, 1.807) is 11.3 Å². The first-order valence-corrected chi connectivity index (χ1v) is 6.77. The molecule has 5 heteroatoms. The fourth-order valence-corrected chi connectivity index (χ4v) is 2.85. The van der Waals surface area contributed by atoms with Crippen molar-refractivity contribution in [3.05, 3.63) is 41.4 Å². The topological polar surface area (TPSA) is 30.2 Å². The van der Waals surface area contributed by atoms with Gasteiger partial charge in [-0.15, -0.1) is 10.2 Å². The van der Waals surface area contributed by atoms with Crippen LogP contribution in [-0.4, -0.2) is 14.6 Å². The van der Waals surface area contributed by atoms with Gasteiger partial charge in [-0.05, 0) is 0 Å². The van der Waals surface area contributed by atoms with Crippen LogP contribution in [0.4, 0.5) is 0 Å². The van der Waals surface area contributed by atoms with E-state index in [2.05, 4.69) is 32.3 Å². The van der Waals surface area contributed by atoms with Gasteiger partial charge in [-0.1, -0.05) is 57.6 Å². The minimum Gasteiger partial charge on any atom is -0.273 e. The fourth-order valence-electron chi connectivity index (χ4n) is 1.60. The molecule has 0 aliphatic carbocycles. The molecule has 0 N–H and O–H groups in total. The first-order chi connectivity index (χ1) is 7.88. The summed E-state index contributed by atoms with van der Waals surface area (Å²) in [6.07, 6.45) is 2.08. The second kappa shape index (κ2) is 3.99. The number of hydrogen-bond donors (Lipinski definition) is 0. The summed E-state index contributed by atoms with van der Waals surface area (Å²) in [5, 5.41) is 9.24. The number of alkyl halides is 1. The maximum absolute atomic E-state index is 4.21. The highest BCUT2D eigenvalue weighted by Gasteiger charge is 2.10. The predicted octanol–water partition coefficient (Wildman–Crippen LogP) is 3.35. The van der Waals surface area contributed by atoms with E-state index < -0.39 is 0 Å². The zero-order valence-corrected chi connectivity index (χ0v) is 10.7. The van der Waals surface area contributed by atoms with Crippen molar-refractivity contribution in [3.8, 4) is 11.4 Å². The van der Waals surface area contributed by atoms with Crippen molar-refractivity contribution in [1.29, 1.82) is 0 Å². The van der Waals surface area contributed by atoms with Gasteiger partial charge in [0.2, 0.25) is 4.96 Å². The second-order valence-corrected chi connectivity index (χ2v) is 5.03. The molecule has 0 amide bonds. The van der Waals surface area contributed by atoms with Crippen molar-refractivity contribution in [3.63, 3.8) is 0 Å². The summed E-state index contributed by atoms with van der Waals surface area (Å²) in [6, 6.07) is 10.1. The molecule has 0 atom stereocenters. The van der Waals surface area contributed by atoms with Gasteiger partial charge >= 0.3 is 0 Å². The summed E-state index contributed by atoms with van der Waals surface area (Å²) in [5.41, 5.74) is 1.09. The van der Waals surface area contributed by atoms with Crippen LogP contribution in [0.1, 0.15) is 4.88 Å². The summed E-state index contributed by atoms with van der Waals surface area (Å²) >= 11 is 5.11. The molecule has 3 rings (SSSR count). The average molecular weight is 294 g/mol. The second-order valence-electron chi connectivity index (χ2n) is 3.37. The van der Waals surface area contributed by atoms with Gasteiger partial charge in [-0.2, -0.15) is 0 Å². The van der Waals surface area contributed by atoms with Crippen LogP contribution < -0.4 is 0 Å². The van der Waals surface area contributed by atoms with Gasteiger partial charge < -0.3 is 0 Å². The van der Waals surface area contributed by atoms with Crippen molar-refractivity contribution < 1.29 is 0 Å². The van der Waals surface area contributed by atoms with E-state index in [4.69, 9.17) is 0 Å². The lowest BCUT2D eigenvalue weighted by molar-refractivity contribution is 1.11. The molecule has 0 aliphatic rings. The molecule has 1 aromatic carbocycles. The lowest BCUT2D eigenvalue weighted by atomic mass is 10.2. The maximum atomic E-state index is 4.21. The van der Waals surface area contributed by atoms with Crippen LogP contribution in [0, 0.1) is 0 Å². The van der Waals surface area contributed by atoms with Crippen molar-refractivity contribution >= 4 is 32.2 Å². The molecule has 3 nitrogen and oxygen atoms in total. The van der Waals surface area contributed by atoms with E-state index in [0.717, 1.165) is 21.7 Å². The Morgan fingerprint density at radius 1 is 1.19 bits per heavy atom. The molecule has 0 radical (unpaired) electrons. The number of nitrogens with zero attached hydrogens (tertiary/aromatic N) is 3. The fraction of sp³-hybridized carbons (Fsp3) is 0.0909. The Bertz CT molecular complexity index is 614. The summed E-state index contributed by atoms with van der Waals surface area (Å²) in [7, 11) is 0. The Morgan fingerprint density at radius 3 is 2.75 bits per heavy atom. The zero-order valence-electron chi connectivity index (χ0n) is 8.30. The lowest BCUT2D eigenvalue weighted by Crippen LogP contribution is -1.85. The van der Waals surface area contributed by atoms with Crippen molar-refractivity contribution in [2.45, 2.75) is 5.33 Å². The number of rotatable bonds is 2. The van der Waals surface area contributed by atoms with Crippen LogP contribution in [0.3, 0.4) is 0 Å². The molecule has 80 valence electrons. The third-order valence-electron chi connectivity index (χ3n) is 2.32. The Morgan fingerprint density at radius 2 is 2.00 bits per heavy atom. The maximum Gasteiger partial charge on any atom is 0.216 e. The molecule has 2 heterocycles. The van der Waals surface area contributed by atoms with E-state index in [0.29, 0.717) is 0 Å². The van der Waals surface area contributed by atoms with E-state index in [1.165, 1.54) is 4.88 Å². The highest BCUT2D eigenvalue weighted by molar-refractivity contribution is 9.08. The Labute approximate surface area is 105 Å². The quantitative estimate of drug-likeness (QED) is 0.678. The van der Waals surface area contributed by atoms with Crippen LogP contribution in [0.5, 0.6) is 0 Å². The van der Waals surface area contributed by atoms with E-state index >= 15 is 0 Å². The van der Waals surface area contributed by atoms with Crippen LogP contribution in [0.15, 0.2) is 36.5 Å². The highest BCUT2D eigenvalue weighted by atomic mass is 79.9. The number of thiazole rings is 1. The number of fused-ring (bicyclic) bond motifs is 1. The molecular formula is C11H8BrN3S. The molecule has 3 aromatic rings. The zero-order chi connectivity index (χ0) is 11.0. The molecule has 0 spiro atoms. The summed E-state index contributed by atoms with van der Waals surface area (Å²) in [6.45, 7) is 0. The monoisotopic (exact) mass is 293 g/mol. The van der Waals surface area contributed by atoms with Crippen LogP contribution in [-0.2, 0) is 5.33 Å². The van der Waals surface area contributed by atoms with Crippen LogP contribution in [0.25, 0.3) is 16.3 Å². The third kappa shape index (κ3) is 1.56.